The molecule has 0 aliphatic heterocycles. The zero-order valence-corrected chi connectivity index (χ0v) is 17.6. The Bertz CT molecular complexity index is 1080. The van der Waals surface area contributed by atoms with E-state index in [2.05, 4.69) is 5.32 Å². The molecule has 3 aromatic carbocycles. The highest BCUT2D eigenvalue weighted by Crippen LogP contribution is 2.22. The average Bonchev–Trinajstić information content (AvgIpc) is 2.78. The largest absolute Gasteiger partial charge is 0.490 e. The maximum atomic E-state index is 12.3. The summed E-state index contributed by atoms with van der Waals surface area (Å²) in [5.41, 5.74) is 3.60. The molecule has 0 spiro atoms. The number of anilines is 1. The number of benzene rings is 3. The summed E-state index contributed by atoms with van der Waals surface area (Å²) in [6, 6.07) is 24.2. The minimum atomic E-state index is -0.447. The number of nitriles is 1. The Labute approximate surface area is 182 Å². The van der Waals surface area contributed by atoms with Crippen LogP contribution in [-0.2, 0) is 4.79 Å². The Hall–Kier alpha value is -4.04. The van der Waals surface area contributed by atoms with E-state index in [1.807, 2.05) is 56.3 Å². The van der Waals surface area contributed by atoms with E-state index in [1.54, 1.807) is 42.5 Å². The number of nitrogens with zero attached hydrogens (tertiary/aromatic N) is 1. The Morgan fingerprint density at radius 2 is 1.55 bits per heavy atom. The molecule has 0 heterocycles. The van der Waals surface area contributed by atoms with Crippen LogP contribution in [0.5, 0.6) is 11.5 Å². The minimum Gasteiger partial charge on any atom is -0.490 e. The van der Waals surface area contributed by atoms with Crippen molar-refractivity contribution >= 4 is 17.7 Å². The van der Waals surface area contributed by atoms with E-state index in [1.165, 1.54) is 0 Å². The molecule has 3 rings (SSSR count). The van der Waals surface area contributed by atoms with Gasteiger partial charge in [-0.2, -0.15) is 5.26 Å². The lowest BCUT2D eigenvalue weighted by Gasteiger charge is -2.12. The van der Waals surface area contributed by atoms with Crippen molar-refractivity contribution in [1.82, 2.24) is 0 Å². The van der Waals surface area contributed by atoms with Crippen molar-refractivity contribution in [2.45, 2.75) is 13.8 Å². The zero-order chi connectivity index (χ0) is 22.1. The highest BCUT2D eigenvalue weighted by molar-refractivity contribution is 6.09. The molecule has 1 N–H and O–H groups in total. The van der Waals surface area contributed by atoms with E-state index >= 15 is 0 Å². The SMILES string of the molecule is Cc1cccc(C)c1OCCOc1ccc(C=C(C#N)C(=O)Nc2ccccc2)cc1. The third-order valence-corrected chi connectivity index (χ3v) is 4.60. The van der Waals surface area contributed by atoms with E-state index in [9.17, 15) is 10.1 Å². The molecule has 0 aliphatic carbocycles. The summed E-state index contributed by atoms with van der Waals surface area (Å²) in [4.78, 5) is 12.3. The van der Waals surface area contributed by atoms with Crippen molar-refractivity contribution in [3.8, 4) is 17.6 Å². The molecule has 5 heteroatoms. The first-order valence-corrected chi connectivity index (χ1v) is 9.97. The lowest BCUT2D eigenvalue weighted by molar-refractivity contribution is -0.112. The molecular formula is C26H24N2O3. The van der Waals surface area contributed by atoms with Crippen molar-refractivity contribution in [1.29, 1.82) is 5.26 Å². The molecule has 0 bridgehead atoms. The zero-order valence-electron chi connectivity index (χ0n) is 17.6. The molecule has 0 aromatic heterocycles. The van der Waals surface area contributed by atoms with Crippen LogP contribution in [0.1, 0.15) is 16.7 Å². The third kappa shape index (κ3) is 6.22. The van der Waals surface area contributed by atoms with Gasteiger partial charge in [-0.3, -0.25) is 4.79 Å². The highest BCUT2D eigenvalue weighted by atomic mass is 16.5. The lowest BCUT2D eigenvalue weighted by atomic mass is 10.1. The van der Waals surface area contributed by atoms with Crippen molar-refractivity contribution < 1.29 is 14.3 Å². The van der Waals surface area contributed by atoms with Crippen LogP contribution < -0.4 is 14.8 Å². The summed E-state index contributed by atoms with van der Waals surface area (Å²) >= 11 is 0. The van der Waals surface area contributed by atoms with E-state index in [4.69, 9.17) is 9.47 Å². The van der Waals surface area contributed by atoms with Gasteiger partial charge < -0.3 is 14.8 Å². The lowest BCUT2D eigenvalue weighted by Crippen LogP contribution is -2.13. The van der Waals surface area contributed by atoms with E-state index < -0.39 is 5.91 Å². The minimum absolute atomic E-state index is 0.0273. The molecule has 0 radical (unpaired) electrons. The van der Waals surface area contributed by atoms with Crippen LogP contribution in [-0.4, -0.2) is 19.1 Å². The van der Waals surface area contributed by atoms with Crippen LogP contribution in [0, 0.1) is 25.2 Å². The standard InChI is InChI=1S/C26H24N2O3/c1-19-7-6-8-20(2)25(19)31-16-15-30-24-13-11-21(12-14-24)17-22(18-27)26(29)28-23-9-4-3-5-10-23/h3-14,17H,15-16H2,1-2H3,(H,28,29). The third-order valence-electron chi connectivity index (χ3n) is 4.60. The van der Waals surface area contributed by atoms with Crippen LogP contribution in [0.25, 0.3) is 6.08 Å². The summed E-state index contributed by atoms with van der Waals surface area (Å²) < 4.78 is 11.6. The highest BCUT2D eigenvalue weighted by Gasteiger charge is 2.09. The number of nitrogens with one attached hydrogen (secondary N) is 1. The van der Waals surface area contributed by atoms with Gasteiger partial charge in [0.2, 0.25) is 0 Å². The number of hydrogen-bond donors (Lipinski definition) is 1. The predicted molar refractivity (Wildman–Crippen MR) is 122 cm³/mol. The first-order chi connectivity index (χ1) is 15.1. The first kappa shape index (κ1) is 21.7. The second-order valence-corrected chi connectivity index (χ2v) is 6.98. The van der Waals surface area contributed by atoms with Gasteiger partial charge in [-0.25, -0.2) is 0 Å². The van der Waals surface area contributed by atoms with Crippen LogP contribution in [0.4, 0.5) is 5.69 Å². The number of carbonyl (C=O) groups excluding carboxylic acids is 1. The Kier molecular flexibility index (Phi) is 7.45. The second kappa shape index (κ2) is 10.7. The average molecular weight is 412 g/mol. The van der Waals surface area contributed by atoms with E-state index in [0.29, 0.717) is 24.7 Å². The van der Waals surface area contributed by atoms with E-state index in [-0.39, 0.29) is 5.57 Å². The molecule has 0 saturated carbocycles. The van der Waals surface area contributed by atoms with Gasteiger partial charge in [0.15, 0.2) is 0 Å². The van der Waals surface area contributed by atoms with Crippen molar-refractivity contribution in [3.63, 3.8) is 0 Å². The van der Waals surface area contributed by atoms with Gasteiger partial charge >= 0.3 is 0 Å². The number of hydrogen-bond acceptors (Lipinski definition) is 4. The van der Waals surface area contributed by atoms with Crippen molar-refractivity contribution in [3.05, 3.63) is 95.1 Å². The van der Waals surface area contributed by atoms with Crippen LogP contribution in [0.15, 0.2) is 78.4 Å². The molecule has 0 aliphatic rings. The predicted octanol–water partition coefficient (Wildman–Crippen LogP) is 5.31. The fourth-order valence-electron chi connectivity index (χ4n) is 3.03. The van der Waals surface area contributed by atoms with Gasteiger partial charge in [-0.05, 0) is 60.9 Å². The van der Waals surface area contributed by atoms with E-state index in [0.717, 1.165) is 22.4 Å². The fraction of sp³-hybridized carbons (Fsp3) is 0.154. The summed E-state index contributed by atoms with van der Waals surface area (Å²) in [6.07, 6.45) is 1.55. The van der Waals surface area contributed by atoms with Gasteiger partial charge in [-0.15, -0.1) is 0 Å². The normalized spacial score (nSPS) is 10.8. The van der Waals surface area contributed by atoms with Crippen molar-refractivity contribution in [2.24, 2.45) is 0 Å². The Balaban J connectivity index is 1.54. The molecular weight excluding hydrogens is 388 g/mol. The summed E-state index contributed by atoms with van der Waals surface area (Å²) in [6.45, 7) is 4.88. The number of rotatable bonds is 8. The van der Waals surface area contributed by atoms with Gasteiger partial charge in [0.25, 0.3) is 5.91 Å². The van der Waals surface area contributed by atoms with Gasteiger partial charge in [0.05, 0.1) is 0 Å². The molecule has 0 saturated heterocycles. The summed E-state index contributed by atoms with van der Waals surface area (Å²) in [5, 5.41) is 12.1. The van der Waals surface area contributed by atoms with Gasteiger partial charge in [-0.1, -0.05) is 48.5 Å². The second-order valence-electron chi connectivity index (χ2n) is 6.98. The van der Waals surface area contributed by atoms with Crippen molar-refractivity contribution in [2.75, 3.05) is 18.5 Å². The molecule has 0 atom stereocenters. The van der Waals surface area contributed by atoms with Crippen LogP contribution in [0.3, 0.4) is 0 Å². The number of para-hydroxylation sites is 2. The molecule has 5 nitrogen and oxygen atoms in total. The topological polar surface area (TPSA) is 71.3 Å². The van der Waals surface area contributed by atoms with Gasteiger partial charge in [0, 0.05) is 5.69 Å². The van der Waals surface area contributed by atoms with Crippen LogP contribution >= 0.6 is 0 Å². The smallest absolute Gasteiger partial charge is 0.266 e. The maximum absolute atomic E-state index is 12.3. The monoisotopic (exact) mass is 412 g/mol. The number of aryl methyl sites for hydroxylation is 2. The molecule has 31 heavy (non-hydrogen) atoms. The molecule has 1 amide bonds. The molecule has 0 unspecified atom stereocenters. The number of amides is 1. The summed E-state index contributed by atoms with van der Waals surface area (Å²) in [5.74, 6) is 1.14. The van der Waals surface area contributed by atoms with Gasteiger partial charge in [0.1, 0.15) is 36.4 Å². The first-order valence-electron chi connectivity index (χ1n) is 9.97. The maximum Gasteiger partial charge on any atom is 0.266 e. The number of carbonyl (C=O) groups is 1. The summed E-state index contributed by atoms with van der Waals surface area (Å²) in [7, 11) is 0. The number of ether oxygens (including phenoxy) is 2. The molecule has 156 valence electrons. The van der Waals surface area contributed by atoms with Crippen LogP contribution in [0.2, 0.25) is 0 Å². The Morgan fingerprint density at radius 1 is 0.903 bits per heavy atom. The Morgan fingerprint density at radius 3 is 2.19 bits per heavy atom. The fourth-order valence-corrected chi connectivity index (χ4v) is 3.03. The quantitative estimate of drug-likeness (QED) is 0.309. The molecule has 0 fully saturated rings. The molecule has 3 aromatic rings.